The molecule has 11 heteroatoms. The third-order valence-corrected chi connectivity index (χ3v) is 5.70. The Labute approximate surface area is 213 Å². The molecule has 0 aliphatic rings. The first-order valence-corrected chi connectivity index (χ1v) is 11.4. The van der Waals surface area contributed by atoms with Gasteiger partial charge in [-0.05, 0) is 30.3 Å². The van der Waals surface area contributed by atoms with E-state index in [0.717, 1.165) is 0 Å². The van der Waals surface area contributed by atoms with Crippen LogP contribution in [-0.4, -0.2) is 40.4 Å². The van der Waals surface area contributed by atoms with Crippen LogP contribution in [0.2, 0.25) is 0 Å². The predicted molar refractivity (Wildman–Crippen MR) is 137 cm³/mol. The van der Waals surface area contributed by atoms with Gasteiger partial charge in [0.2, 0.25) is 0 Å². The summed E-state index contributed by atoms with van der Waals surface area (Å²) >= 11 is 3.32. The van der Waals surface area contributed by atoms with Crippen molar-refractivity contribution in [1.82, 2.24) is 20.9 Å². The van der Waals surface area contributed by atoms with E-state index in [1.807, 2.05) is 0 Å². The zero-order valence-corrected chi connectivity index (χ0v) is 20.4. The van der Waals surface area contributed by atoms with E-state index in [9.17, 15) is 19.5 Å². The highest BCUT2D eigenvalue weighted by Gasteiger charge is 2.27. The number of H-pyrrole nitrogens is 1. The lowest BCUT2D eigenvalue weighted by molar-refractivity contribution is -0.123. The zero-order chi connectivity index (χ0) is 25.7. The van der Waals surface area contributed by atoms with Crippen LogP contribution in [0, 0.1) is 0 Å². The molecule has 2 amide bonds. The standard InChI is InChI=1S/C25H20BrN5O5/c1-36-19-12-16(26)11-15(22(19)32)13-27-30-25(35)21(28-23(33)14-7-3-2-4-8-14)20-17-9-5-6-10-18(17)24(34)31-29-20/h2-13,21,32H,1H3,(H,28,33)(H,30,35)(H,31,34)/b27-13-/t21-/m0/s1. The molecule has 0 aliphatic heterocycles. The summed E-state index contributed by atoms with van der Waals surface area (Å²) in [6.45, 7) is 0. The molecule has 10 nitrogen and oxygen atoms in total. The highest BCUT2D eigenvalue weighted by Crippen LogP contribution is 2.32. The van der Waals surface area contributed by atoms with Gasteiger partial charge in [-0.2, -0.15) is 10.2 Å². The lowest BCUT2D eigenvalue weighted by Gasteiger charge is -2.18. The minimum Gasteiger partial charge on any atom is -0.504 e. The summed E-state index contributed by atoms with van der Waals surface area (Å²) in [5.41, 5.74) is 2.68. The van der Waals surface area contributed by atoms with Gasteiger partial charge in [0.15, 0.2) is 17.5 Å². The summed E-state index contributed by atoms with van der Waals surface area (Å²) in [5, 5.41) is 24.0. The first-order chi connectivity index (χ1) is 17.4. The minimum atomic E-state index is -1.30. The number of methoxy groups -OCH3 is 1. The summed E-state index contributed by atoms with van der Waals surface area (Å²) in [6, 6.07) is 16.8. The first kappa shape index (κ1) is 24.6. The molecule has 0 saturated heterocycles. The van der Waals surface area contributed by atoms with E-state index >= 15 is 0 Å². The molecule has 0 saturated carbocycles. The van der Waals surface area contributed by atoms with Crippen LogP contribution in [0.4, 0.5) is 0 Å². The van der Waals surface area contributed by atoms with Crippen molar-refractivity contribution < 1.29 is 19.4 Å². The molecule has 3 aromatic carbocycles. The molecule has 0 aliphatic carbocycles. The molecular weight excluding hydrogens is 530 g/mol. The minimum absolute atomic E-state index is 0.133. The van der Waals surface area contributed by atoms with E-state index in [1.165, 1.54) is 13.3 Å². The number of ether oxygens (including phenoxy) is 1. The van der Waals surface area contributed by atoms with Crippen LogP contribution in [0.25, 0.3) is 10.8 Å². The molecule has 0 spiro atoms. The van der Waals surface area contributed by atoms with Crippen LogP contribution in [0.1, 0.15) is 27.7 Å². The molecule has 36 heavy (non-hydrogen) atoms. The number of amides is 2. The van der Waals surface area contributed by atoms with Gasteiger partial charge in [-0.3, -0.25) is 14.4 Å². The Hall–Kier alpha value is -4.51. The van der Waals surface area contributed by atoms with Gasteiger partial charge in [-0.1, -0.05) is 52.3 Å². The third-order valence-electron chi connectivity index (χ3n) is 5.24. The second-order valence-electron chi connectivity index (χ2n) is 7.54. The van der Waals surface area contributed by atoms with Crippen molar-refractivity contribution in [3.05, 3.63) is 98.4 Å². The fourth-order valence-electron chi connectivity index (χ4n) is 3.50. The topological polar surface area (TPSA) is 146 Å². The molecule has 0 radical (unpaired) electrons. The van der Waals surface area contributed by atoms with Crippen LogP contribution in [0.3, 0.4) is 0 Å². The van der Waals surface area contributed by atoms with Crippen molar-refractivity contribution in [3.63, 3.8) is 0 Å². The number of phenols is 1. The summed E-state index contributed by atoms with van der Waals surface area (Å²) in [6.07, 6.45) is 1.23. The van der Waals surface area contributed by atoms with E-state index in [-0.39, 0.29) is 22.8 Å². The fourth-order valence-corrected chi connectivity index (χ4v) is 3.95. The van der Waals surface area contributed by atoms with Crippen LogP contribution in [0.15, 0.2) is 81.1 Å². The number of carbonyl (C=O) groups excluding carboxylic acids is 2. The number of aromatic hydroxyl groups is 1. The highest BCUT2D eigenvalue weighted by atomic mass is 79.9. The van der Waals surface area contributed by atoms with Crippen molar-refractivity contribution in [2.45, 2.75) is 6.04 Å². The van der Waals surface area contributed by atoms with Crippen molar-refractivity contribution in [2.24, 2.45) is 5.10 Å². The number of phenolic OH excluding ortho intramolecular Hbond substituents is 1. The summed E-state index contributed by atoms with van der Waals surface area (Å²) in [7, 11) is 1.41. The number of rotatable bonds is 7. The molecule has 4 N–H and O–H groups in total. The molecule has 182 valence electrons. The molecular formula is C25H20BrN5O5. The van der Waals surface area contributed by atoms with E-state index in [4.69, 9.17) is 4.74 Å². The molecule has 4 rings (SSSR count). The smallest absolute Gasteiger partial charge is 0.272 e. The van der Waals surface area contributed by atoms with Crippen LogP contribution in [-0.2, 0) is 4.79 Å². The number of nitrogens with zero attached hydrogens (tertiary/aromatic N) is 2. The van der Waals surface area contributed by atoms with Crippen LogP contribution < -0.4 is 21.0 Å². The number of fused-ring (bicyclic) bond motifs is 1. The van der Waals surface area contributed by atoms with Gasteiger partial charge < -0.3 is 15.2 Å². The monoisotopic (exact) mass is 549 g/mol. The molecule has 1 heterocycles. The van der Waals surface area contributed by atoms with Gasteiger partial charge in [0.1, 0.15) is 5.69 Å². The Kier molecular flexibility index (Phi) is 7.40. The lowest BCUT2D eigenvalue weighted by Crippen LogP contribution is -2.40. The van der Waals surface area contributed by atoms with Crippen molar-refractivity contribution in [1.29, 1.82) is 0 Å². The van der Waals surface area contributed by atoms with E-state index < -0.39 is 23.4 Å². The SMILES string of the molecule is COc1cc(Br)cc(/C=N\NC(=O)[C@@H](NC(=O)c2ccccc2)c2n[nH]c(=O)c3ccccc23)c1O. The van der Waals surface area contributed by atoms with Crippen LogP contribution >= 0.6 is 15.9 Å². The quantitative estimate of drug-likeness (QED) is 0.206. The average Bonchev–Trinajstić information content (AvgIpc) is 2.90. The number of hydrazone groups is 1. The van der Waals surface area contributed by atoms with Crippen molar-refractivity contribution in [2.75, 3.05) is 7.11 Å². The number of benzene rings is 3. The molecule has 1 atom stereocenters. The van der Waals surface area contributed by atoms with Gasteiger partial charge in [-0.25, -0.2) is 10.5 Å². The molecule has 4 aromatic rings. The van der Waals surface area contributed by atoms with Crippen LogP contribution in [0.5, 0.6) is 11.5 Å². The maximum Gasteiger partial charge on any atom is 0.272 e. The zero-order valence-electron chi connectivity index (χ0n) is 18.9. The summed E-state index contributed by atoms with van der Waals surface area (Å²) < 4.78 is 5.74. The first-order valence-electron chi connectivity index (χ1n) is 10.6. The number of halogens is 1. The second kappa shape index (κ2) is 10.8. The molecule has 0 bridgehead atoms. The predicted octanol–water partition coefficient (Wildman–Crippen LogP) is 3.02. The summed E-state index contributed by atoms with van der Waals surface area (Å²) in [5.74, 6) is -1.19. The fraction of sp³-hybridized carbons (Fsp3) is 0.0800. The van der Waals surface area contributed by atoms with Gasteiger partial charge in [-0.15, -0.1) is 0 Å². The second-order valence-corrected chi connectivity index (χ2v) is 8.45. The lowest BCUT2D eigenvalue weighted by atomic mass is 10.0. The maximum atomic E-state index is 13.2. The molecule has 0 fully saturated rings. The van der Waals surface area contributed by atoms with E-state index in [1.54, 1.807) is 66.7 Å². The average molecular weight is 550 g/mol. The number of hydrogen-bond acceptors (Lipinski definition) is 7. The third kappa shape index (κ3) is 5.26. The number of hydrogen-bond donors (Lipinski definition) is 4. The van der Waals surface area contributed by atoms with Gasteiger partial charge >= 0.3 is 0 Å². The largest absolute Gasteiger partial charge is 0.504 e. The van der Waals surface area contributed by atoms with E-state index in [2.05, 4.69) is 42.0 Å². The Morgan fingerprint density at radius 2 is 1.81 bits per heavy atom. The number of aromatic amines is 1. The molecule has 1 aromatic heterocycles. The summed E-state index contributed by atoms with van der Waals surface area (Å²) in [4.78, 5) is 38.4. The maximum absolute atomic E-state index is 13.2. The Morgan fingerprint density at radius 1 is 1.11 bits per heavy atom. The van der Waals surface area contributed by atoms with Crippen molar-refractivity contribution in [3.8, 4) is 11.5 Å². The van der Waals surface area contributed by atoms with Gasteiger partial charge in [0.05, 0.1) is 18.7 Å². The highest BCUT2D eigenvalue weighted by molar-refractivity contribution is 9.10. The number of carbonyl (C=O) groups is 2. The Bertz CT molecular complexity index is 1520. The van der Waals surface area contributed by atoms with Gasteiger partial charge in [0.25, 0.3) is 17.4 Å². The van der Waals surface area contributed by atoms with Crippen molar-refractivity contribution >= 4 is 44.7 Å². The van der Waals surface area contributed by atoms with E-state index in [0.29, 0.717) is 20.8 Å². The number of nitrogens with one attached hydrogen (secondary N) is 3. The number of aromatic nitrogens is 2. The Balaban J connectivity index is 1.68. The Morgan fingerprint density at radius 3 is 2.53 bits per heavy atom. The van der Waals surface area contributed by atoms with Gasteiger partial charge in [0, 0.05) is 21.0 Å². The normalized spacial score (nSPS) is 11.8. The molecule has 0 unspecified atom stereocenters.